The van der Waals surface area contributed by atoms with Gasteiger partial charge in [-0.25, -0.2) is 0 Å². The fourth-order valence-corrected chi connectivity index (χ4v) is 4.08. The van der Waals surface area contributed by atoms with Crippen molar-refractivity contribution in [3.05, 3.63) is 114 Å². The smallest absolute Gasteiger partial charge is 0.0702 e. The van der Waals surface area contributed by atoms with Crippen molar-refractivity contribution < 1.29 is 0 Å². The van der Waals surface area contributed by atoms with Gasteiger partial charge in [-0.2, -0.15) is 0 Å². The molecule has 144 valence electrons. The van der Waals surface area contributed by atoms with Crippen LogP contribution in [0, 0.1) is 13.8 Å². The van der Waals surface area contributed by atoms with Gasteiger partial charge in [0.25, 0.3) is 0 Å². The minimum Gasteiger partial charge on any atom is -0.256 e. The van der Waals surface area contributed by atoms with Gasteiger partial charge in [0.2, 0.25) is 0 Å². The van der Waals surface area contributed by atoms with Crippen molar-refractivity contribution in [2.24, 2.45) is 0 Å². The Balaban J connectivity index is 1.42. The van der Waals surface area contributed by atoms with Gasteiger partial charge in [0.15, 0.2) is 0 Å². The van der Waals surface area contributed by atoms with Gasteiger partial charge >= 0.3 is 0 Å². The molecule has 0 aliphatic rings. The molecule has 0 saturated carbocycles. The van der Waals surface area contributed by atoms with E-state index in [1.54, 1.807) is 0 Å². The lowest BCUT2D eigenvalue weighted by Gasteiger charge is -2.08. The second kappa shape index (κ2) is 7.61. The summed E-state index contributed by atoms with van der Waals surface area (Å²) in [5.74, 6) is 0. The molecule has 1 nitrogen and oxygen atoms in total. The first-order valence-electron chi connectivity index (χ1n) is 10.3. The van der Waals surface area contributed by atoms with Gasteiger partial charge in [0, 0.05) is 17.1 Å². The number of para-hydroxylation sites is 1. The van der Waals surface area contributed by atoms with Gasteiger partial charge in [-0.05, 0) is 53.8 Å². The molecule has 5 rings (SSSR count). The highest BCUT2D eigenvalue weighted by molar-refractivity contribution is 5.84. The molecule has 0 spiro atoms. The summed E-state index contributed by atoms with van der Waals surface area (Å²) >= 11 is 0. The second-order valence-corrected chi connectivity index (χ2v) is 7.95. The van der Waals surface area contributed by atoms with Crippen molar-refractivity contribution in [1.82, 2.24) is 4.98 Å². The number of fused-ring (bicyclic) bond motifs is 1. The van der Waals surface area contributed by atoms with E-state index in [9.17, 15) is 0 Å². The van der Waals surface area contributed by atoms with E-state index in [-0.39, 0.29) is 0 Å². The lowest BCUT2D eigenvalue weighted by atomic mass is 9.97. The number of aryl methyl sites for hydroxylation is 2. The number of aromatic nitrogens is 1. The minimum absolute atomic E-state index is 1.03. The van der Waals surface area contributed by atoms with Gasteiger partial charge < -0.3 is 0 Å². The third-order valence-corrected chi connectivity index (χ3v) is 5.58. The molecule has 1 heteroatoms. The molecule has 0 radical (unpaired) electrons. The van der Waals surface area contributed by atoms with Gasteiger partial charge in [0.05, 0.1) is 5.52 Å². The summed E-state index contributed by atoms with van der Waals surface area (Å²) in [6.07, 6.45) is 1.95. The fourth-order valence-electron chi connectivity index (χ4n) is 4.08. The van der Waals surface area contributed by atoms with Crippen LogP contribution in [0.15, 0.2) is 103 Å². The summed E-state index contributed by atoms with van der Waals surface area (Å²) in [5.41, 5.74) is 10.9. The molecule has 0 aliphatic carbocycles. The van der Waals surface area contributed by atoms with E-state index in [2.05, 4.69) is 104 Å². The molecule has 1 heterocycles. The van der Waals surface area contributed by atoms with Crippen LogP contribution >= 0.6 is 0 Å². The summed E-state index contributed by atoms with van der Waals surface area (Å²) in [6, 6.07) is 34.7. The van der Waals surface area contributed by atoms with Crippen LogP contribution in [0.25, 0.3) is 44.3 Å². The Hall–Kier alpha value is -3.71. The van der Waals surface area contributed by atoms with Crippen molar-refractivity contribution in [2.75, 3.05) is 0 Å². The monoisotopic (exact) mass is 385 g/mol. The topological polar surface area (TPSA) is 12.9 Å². The maximum absolute atomic E-state index is 4.59. The third kappa shape index (κ3) is 3.62. The third-order valence-electron chi connectivity index (χ3n) is 5.58. The van der Waals surface area contributed by atoms with Gasteiger partial charge in [-0.1, -0.05) is 96.1 Å². The first-order valence-corrected chi connectivity index (χ1v) is 10.3. The maximum atomic E-state index is 4.59. The highest BCUT2D eigenvalue weighted by Crippen LogP contribution is 2.29. The van der Waals surface area contributed by atoms with Crippen LogP contribution < -0.4 is 0 Å². The Labute approximate surface area is 177 Å². The molecule has 0 saturated heterocycles. The molecule has 4 aromatic carbocycles. The van der Waals surface area contributed by atoms with Gasteiger partial charge in [-0.15, -0.1) is 0 Å². The van der Waals surface area contributed by atoms with Gasteiger partial charge in [-0.3, -0.25) is 4.98 Å². The predicted molar refractivity (Wildman–Crippen MR) is 128 cm³/mol. The average Bonchev–Trinajstić information content (AvgIpc) is 2.78. The molecule has 0 amide bonds. The Morgan fingerprint density at radius 3 is 1.57 bits per heavy atom. The van der Waals surface area contributed by atoms with E-state index in [0.29, 0.717) is 0 Å². The summed E-state index contributed by atoms with van der Waals surface area (Å²) in [6.45, 7) is 4.30. The number of hydrogen-bond acceptors (Lipinski definition) is 1. The van der Waals surface area contributed by atoms with Gasteiger partial charge in [0.1, 0.15) is 0 Å². The molecule has 5 aromatic rings. The SMILES string of the molecule is Cc1cc(C)cc(-c2ccc(-c3ccc(-c4cnc5ccccc5c4)cc3)cc2)c1. The first kappa shape index (κ1) is 18.3. The highest BCUT2D eigenvalue weighted by atomic mass is 14.6. The molecular weight excluding hydrogens is 362 g/mol. The zero-order valence-electron chi connectivity index (χ0n) is 17.3. The lowest BCUT2D eigenvalue weighted by Crippen LogP contribution is -1.85. The molecule has 0 aliphatic heterocycles. The number of pyridine rings is 1. The highest BCUT2D eigenvalue weighted by Gasteiger charge is 2.04. The van der Waals surface area contributed by atoms with E-state index in [1.165, 1.54) is 44.3 Å². The van der Waals surface area contributed by atoms with E-state index >= 15 is 0 Å². The predicted octanol–water partition coefficient (Wildman–Crippen LogP) is 7.85. The van der Waals surface area contributed by atoms with E-state index in [0.717, 1.165) is 11.1 Å². The van der Waals surface area contributed by atoms with Crippen LogP contribution in [0.2, 0.25) is 0 Å². The molecule has 0 N–H and O–H groups in total. The second-order valence-electron chi connectivity index (χ2n) is 7.95. The quantitative estimate of drug-likeness (QED) is 0.308. The van der Waals surface area contributed by atoms with Crippen molar-refractivity contribution in [1.29, 1.82) is 0 Å². The average molecular weight is 386 g/mol. The molecule has 0 fully saturated rings. The summed E-state index contributed by atoms with van der Waals surface area (Å²) in [4.78, 5) is 4.59. The maximum Gasteiger partial charge on any atom is 0.0702 e. The van der Waals surface area contributed by atoms with E-state index < -0.39 is 0 Å². The van der Waals surface area contributed by atoms with Crippen LogP contribution in [-0.4, -0.2) is 4.98 Å². The van der Waals surface area contributed by atoms with Crippen LogP contribution in [0.5, 0.6) is 0 Å². The van der Waals surface area contributed by atoms with E-state index in [4.69, 9.17) is 0 Å². The van der Waals surface area contributed by atoms with Crippen molar-refractivity contribution in [3.8, 4) is 33.4 Å². The Morgan fingerprint density at radius 2 is 0.967 bits per heavy atom. The van der Waals surface area contributed by atoms with Crippen molar-refractivity contribution >= 4 is 10.9 Å². The molecule has 1 aromatic heterocycles. The molecule has 0 atom stereocenters. The zero-order chi connectivity index (χ0) is 20.5. The first-order chi connectivity index (χ1) is 14.7. The lowest BCUT2D eigenvalue weighted by molar-refractivity contribution is 1.38. The largest absolute Gasteiger partial charge is 0.256 e. The summed E-state index contributed by atoms with van der Waals surface area (Å²) in [5, 5.41) is 1.17. The number of nitrogens with zero attached hydrogens (tertiary/aromatic N) is 1. The standard InChI is InChI=1S/C29H23N/c1-20-15-21(2)17-27(16-20)24-11-7-22(8-12-24)23-9-13-25(14-10-23)28-18-26-5-3-4-6-29(26)30-19-28/h3-19H,1-2H3. The van der Waals surface area contributed by atoms with E-state index in [1.807, 2.05) is 18.3 Å². The molecule has 30 heavy (non-hydrogen) atoms. The van der Waals surface area contributed by atoms with Crippen molar-refractivity contribution in [3.63, 3.8) is 0 Å². The Morgan fingerprint density at radius 1 is 0.467 bits per heavy atom. The van der Waals surface area contributed by atoms with Crippen LogP contribution in [-0.2, 0) is 0 Å². The Kier molecular flexibility index (Phi) is 4.65. The van der Waals surface area contributed by atoms with Crippen LogP contribution in [0.1, 0.15) is 11.1 Å². The molecule has 0 unspecified atom stereocenters. The fraction of sp³-hybridized carbons (Fsp3) is 0.0690. The number of rotatable bonds is 3. The molecular formula is C29H23N. The van der Waals surface area contributed by atoms with Crippen LogP contribution in [0.4, 0.5) is 0 Å². The molecule has 0 bridgehead atoms. The summed E-state index contributed by atoms with van der Waals surface area (Å²) in [7, 11) is 0. The normalized spacial score (nSPS) is 11.0. The number of hydrogen-bond donors (Lipinski definition) is 0. The van der Waals surface area contributed by atoms with Crippen LogP contribution in [0.3, 0.4) is 0 Å². The van der Waals surface area contributed by atoms with Crippen molar-refractivity contribution in [2.45, 2.75) is 13.8 Å². The number of benzene rings is 4. The minimum atomic E-state index is 1.03. The summed E-state index contributed by atoms with van der Waals surface area (Å²) < 4.78 is 0. The Bertz CT molecular complexity index is 1310. The zero-order valence-corrected chi connectivity index (χ0v) is 17.3.